The molecule has 5 heteroatoms. The van der Waals surface area contributed by atoms with E-state index >= 15 is 0 Å². The summed E-state index contributed by atoms with van der Waals surface area (Å²) in [6, 6.07) is 0. The van der Waals surface area contributed by atoms with Crippen LogP contribution in [0.2, 0.25) is 0 Å². The molecule has 0 aliphatic carbocycles. The van der Waals surface area contributed by atoms with E-state index in [1.807, 2.05) is 11.8 Å². The van der Waals surface area contributed by atoms with Crippen molar-refractivity contribution in [2.75, 3.05) is 39.3 Å². The lowest BCUT2D eigenvalue weighted by Crippen LogP contribution is -2.52. The zero-order valence-electron chi connectivity index (χ0n) is 13.9. The zero-order valence-corrected chi connectivity index (χ0v) is 13.9. The van der Waals surface area contributed by atoms with E-state index in [-0.39, 0.29) is 11.8 Å². The number of hydrogen-bond acceptors (Lipinski definition) is 3. The second kappa shape index (κ2) is 9.77. The van der Waals surface area contributed by atoms with Gasteiger partial charge in [-0.25, -0.2) is 0 Å². The first-order chi connectivity index (χ1) is 10.1. The number of likely N-dealkylation sites (N-methyl/N-ethyl adjacent to an activating group) is 1. The van der Waals surface area contributed by atoms with Gasteiger partial charge in [0.15, 0.2) is 0 Å². The predicted molar refractivity (Wildman–Crippen MR) is 85.0 cm³/mol. The van der Waals surface area contributed by atoms with Gasteiger partial charge in [0.25, 0.3) is 0 Å². The van der Waals surface area contributed by atoms with E-state index in [4.69, 9.17) is 0 Å². The first kappa shape index (κ1) is 18.0. The van der Waals surface area contributed by atoms with Crippen LogP contribution in [0.25, 0.3) is 0 Å². The summed E-state index contributed by atoms with van der Waals surface area (Å²) in [4.78, 5) is 28.2. The zero-order chi connectivity index (χ0) is 15.7. The van der Waals surface area contributed by atoms with Crippen LogP contribution >= 0.6 is 0 Å². The van der Waals surface area contributed by atoms with E-state index < -0.39 is 0 Å². The van der Waals surface area contributed by atoms with Crippen LogP contribution in [0, 0.1) is 5.92 Å². The van der Waals surface area contributed by atoms with Crippen molar-refractivity contribution in [1.29, 1.82) is 0 Å². The summed E-state index contributed by atoms with van der Waals surface area (Å²) >= 11 is 0. The molecule has 122 valence electrons. The topological polar surface area (TPSA) is 52.7 Å². The number of hydrogen-bond donors (Lipinski definition) is 1. The smallest absolute Gasteiger partial charge is 0.234 e. The Morgan fingerprint density at radius 2 is 1.76 bits per heavy atom. The van der Waals surface area contributed by atoms with Crippen molar-refractivity contribution in [3.63, 3.8) is 0 Å². The first-order valence-electron chi connectivity index (χ1n) is 8.40. The van der Waals surface area contributed by atoms with E-state index in [9.17, 15) is 9.59 Å². The molecule has 1 N–H and O–H groups in total. The highest BCUT2D eigenvalue weighted by atomic mass is 16.2. The number of carbonyl (C=O) groups is 2. The maximum atomic E-state index is 12.5. The average Bonchev–Trinajstić information content (AvgIpc) is 2.48. The number of amides is 2. The van der Waals surface area contributed by atoms with Crippen molar-refractivity contribution in [2.24, 2.45) is 5.92 Å². The van der Waals surface area contributed by atoms with Gasteiger partial charge in [-0.15, -0.1) is 0 Å². The van der Waals surface area contributed by atoms with Crippen LogP contribution in [0.5, 0.6) is 0 Å². The largest absolute Gasteiger partial charge is 0.355 e. The Morgan fingerprint density at radius 1 is 1.10 bits per heavy atom. The quantitative estimate of drug-likeness (QED) is 0.738. The Morgan fingerprint density at radius 3 is 2.29 bits per heavy atom. The van der Waals surface area contributed by atoms with Gasteiger partial charge in [0.05, 0.1) is 6.54 Å². The monoisotopic (exact) mass is 297 g/mol. The Hall–Kier alpha value is -1.10. The molecule has 1 saturated heterocycles. The van der Waals surface area contributed by atoms with Gasteiger partial charge in [-0.1, -0.05) is 26.7 Å². The number of rotatable bonds is 8. The normalized spacial score (nSPS) is 17.6. The fraction of sp³-hybridized carbons (Fsp3) is 0.875. The van der Waals surface area contributed by atoms with Crippen molar-refractivity contribution in [3.8, 4) is 0 Å². The number of piperazine rings is 1. The highest BCUT2D eigenvalue weighted by molar-refractivity contribution is 5.79. The molecule has 0 aromatic rings. The van der Waals surface area contributed by atoms with Crippen LogP contribution in [0.3, 0.4) is 0 Å². The molecule has 0 aromatic heterocycles. The molecular formula is C16H31N3O2. The van der Waals surface area contributed by atoms with Crippen molar-refractivity contribution >= 4 is 11.8 Å². The van der Waals surface area contributed by atoms with Crippen molar-refractivity contribution in [1.82, 2.24) is 15.1 Å². The number of carbonyl (C=O) groups excluding carboxylic acids is 2. The molecular weight excluding hydrogens is 266 g/mol. The van der Waals surface area contributed by atoms with Crippen molar-refractivity contribution in [3.05, 3.63) is 0 Å². The molecule has 0 bridgehead atoms. The predicted octanol–water partition coefficient (Wildman–Crippen LogP) is 1.48. The summed E-state index contributed by atoms with van der Waals surface area (Å²) in [6.07, 6.45) is 4.20. The Balaban J connectivity index is 2.37. The number of unbranched alkanes of at least 4 members (excludes halogenated alkanes) is 1. The summed E-state index contributed by atoms with van der Waals surface area (Å²) < 4.78 is 0. The average molecular weight is 297 g/mol. The molecule has 5 nitrogen and oxygen atoms in total. The fourth-order valence-electron chi connectivity index (χ4n) is 2.79. The maximum absolute atomic E-state index is 12.5. The lowest BCUT2D eigenvalue weighted by atomic mass is 9.97. The van der Waals surface area contributed by atoms with Crippen LogP contribution in [0.1, 0.15) is 46.5 Å². The lowest BCUT2D eigenvalue weighted by molar-refractivity contribution is -0.137. The Bertz CT molecular complexity index is 325. The highest BCUT2D eigenvalue weighted by Crippen LogP contribution is 2.17. The molecule has 1 fully saturated rings. The highest BCUT2D eigenvalue weighted by Gasteiger charge is 2.26. The second-order valence-electron chi connectivity index (χ2n) is 5.80. The number of nitrogens with zero attached hydrogens (tertiary/aromatic N) is 2. The molecule has 1 aliphatic rings. The molecule has 1 heterocycles. The van der Waals surface area contributed by atoms with Crippen LogP contribution in [0.4, 0.5) is 0 Å². The minimum Gasteiger partial charge on any atom is -0.355 e. The fourth-order valence-corrected chi connectivity index (χ4v) is 2.79. The SMILES string of the molecule is CCCCC(CC)C(=O)N1CCN(CC(=O)NCC)CC1. The Labute approximate surface area is 129 Å². The van der Waals surface area contributed by atoms with Crippen molar-refractivity contribution < 1.29 is 9.59 Å². The minimum atomic E-state index is 0.0756. The minimum absolute atomic E-state index is 0.0756. The summed E-state index contributed by atoms with van der Waals surface area (Å²) in [7, 11) is 0. The lowest BCUT2D eigenvalue weighted by Gasteiger charge is -2.36. The van der Waals surface area contributed by atoms with Crippen LogP contribution in [0.15, 0.2) is 0 Å². The summed E-state index contributed by atoms with van der Waals surface area (Å²) in [5, 5.41) is 2.82. The molecule has 21 heavy (non-hydrogen) atoms. The van der Waals surface area contributed by atoms with E-state index in [0.29, 0.717) is 19.0 Å². The Kier molecular flexibility index (Phi) is 8.35. The first-order valence-corrected chi connectivity index (χ1v) is 8.40. The van der Waals surface area contributed by atoms with Gasteiger partial charge >= 0.3 is 0 Å². The molecule has 0 aromatic carbocycles. The van der Waals surface area contributed by atoms with Gasteiger partial charge in [-0.05, 0) is 19.8 Å². The third-order valence-corrected chi connectivity index (χ3v) is 4.17. The van der Waals surface area contributed by atoms with Crippen LogP contribution < -0.4 is 5.32 Å². The third kappa shape index (κ3) is 6.04. The van der Waals surface area contributed by atoms with Gasteiger partial charge < -0.3 is 10.2 Å². The maximum Gasteiger partial charge on any atom is 0.234 e. The van der Waals surface area contributed by atoms with Crippen LogP contribution in [-0.2, 0) is 9.59 Å². The van der Waals surface area contributed by atoms with E-state index in [2.05, 4.69) is 24.1 Å². The van der Waals surface area contributed by atoms with Crippen molar-refractivity contribution in [2.45, 2.75) is 46.5 Å². The summed E-state index contributed by atoms with van der Waals surface area (Å²) in [6.45, 7) is 10.4. The molecule has 0 saturated carbocycles. The molecule has 1 rings (SSSR count). The van der Waals surface area contributed by atoms with Crippen LogP contribution in [-0.4, -0.2) is 60.9 Å². The second-order valence-corrected chi connectivity index (χ2v) is 5.80. The van der Waals surface area contributed by atoms with E-state index in [0.717, 1.165) is 51.9 Å². The van der Waals surface area contributed by atoms with Gasteiger partial charge in [-0.2, -0.15) is 0 Å². The third-order valence-electron chi connectivity index (χ3n) is 4.17. The van der Waals surface area contributed by atoms with Gasteiger partial charge in [-0.3, -0.25) is 14.5 Å². The summed E-state index contributed by atoms with van der Waals surface area (Å²) in [5.74, 6) is 0.565. The molecule has 2 amide bonds. The van der Waals surface area contributed by atoms with Gasteiger partial charge in [0.2, 0.25) is 11.8 Å². The number of nitrogens with one attached hydrogen (secondary N) is 1. The molecule has 1 aliphatic heterocycles. The van der Waals surface area contributed by atoms with Gasteiger partial charge in [0.1, 0.15) is 0 Å². The van der Waals surface area contributed by atoms with E-state index in [1.165, 1.54) is 0 Å². The summed E-state index contributed by atoms with van der Waals surface area (Å²) in [5.41, 5.74) is 0. The van der Waals surface area contributed by atoms with Gasteiger partial charge in [0, 0.05) is 38.6 Å². The van der Waals surface area contributed by atoms with E-state index in [1.54, 1.807) is 0 Å². The molecule has 0 radical (unpaired) electrons. The standard InChI is InChI=1S/C16H31N3O2/c1-4-7-8-14(5-2)16(21)19-11-9-18(10-12-19)13-15(20)17-6-3/h14H,4-13H2,1-3H3,(H,17,20). The molecule has 0 spiro atoms. The molecule has 1 atom stereocenters. The molecule has 1 unspecified atom stereocenters.